The fraction of sp³-hybridized carbons (Fsp3) is 0.250. The summed E-state index contributed by atoms with van der Waals surface area (Å²) in [5, 5.41) is 20.9. The van der Waals surface area contributed by atoms with Gasteiger partial charge in [0.15, 0.2) is 17.9 Å². The number of amides is 2. The number of carbonyl (C=O) groups excluding carboxylic acids is 3. The van der Waals surface area contributed by atoms with Crippen LogP contribution in [-0.2, 0) is 25.8 Å². The number of hydrogen-bond acceptors (Lipinski definition) is 12. The number of carboxylic acid groups (broad SMARTS) is 1. The minimum atomic E-state index is -1.44. The number of fused-ring (bicyclic) bond motifs is 2. The highest BCUT2D eigenvalue weighted by molar-refractivity contribution is 8.00. The summed E-state index contributed by atoms with van der Waals surface area (Å²) in [5.74, 6) is -2.43. The molecular weight excluding hydrogens is 514 g/mol. The zero-order valence-electron chi connectivity index (χ0n) is 18.0. The Morgan fingerprint density at radius 2 is 2.26 bits per heavy atom. The number of pyridine rings is 1. The van der Waals surface area contributed by atoms with Crippen molar-refractivity contribution in [3.05, 3.63) is 46.9 Å². The molecule has 2 aliphatic rings. The highest BCUT2D eigenvalue weighted by atomic mass is 32.2. The molecule has 15 heteroatoms. The van der Waals surface area contributed by atoms with E-state index in [1.807, 2.05) is 34.3 Å². The second kappa shape index (κ2) is 9.24. The van der Waals surface area contributed by atoms with E-state index in [0.29, 0.717) is 17.9 Å². The van der Waals surface area contributed by atoms with E-state index < -0.39 is 29.2 Å². The Hall–Kier alpha value is -3.56. The molecule has 2 atom stereocenters. The Bertz CT molecular complexity index is 1410. The van der Waals surface area contributed by atoms with Gasteiger partial charge in [0, 0.05) is 28.9 Å². The molecule has 1 fully saturated rings. The number of thiophene rings is 1. The van der Waals surface area contributed by atoms with E-state index in [9.17, 15) is 19.5 Å². The van der Waals surface area contributed by atoms with E-state index >= 15 is 0 Å². The van der Waals surface area contributed by atoms with E-state index in [1.165, 1.54) is 23.8 Å². The number of aliphatic carboxylic acids is 1. The van der Waals surface area contributed by atoms with Gasteiger partial charge in [-0.3, -0.25) is 14.5 Å². The molecule has 5 rings (SSSR count). The Balaban J connectivity index is 1.38. The lowest BCUT2D eigenvalue weighted by Gasteiger charge is -2.50. The predicted molar refractivity (Wildman–Crippen MR) is 127 cm³/mol. The molecule has 0 bridgehead atoms. The molecule has 180 valence electrons. The maximum atomic E-state index is 13.0. The van der Waals surface area contributed by atoms with Gasteiger partial charge in [0.2, 0.25) is 11.5 Å². The van der Waals surface area contributed by atoms with Crippen molar-refractivity contribution in [2.45, 2.75) is 18.0 Å². The number of carbonyl (C=O) groups is 3. The van der Waals surface area contributed by atoms with Crippen molar-refractivity contribution in [3.8, 4) is 0 Å². The van der Waals surface area contributed by atoms with Crippen LogP contribution in [0.4, 0.5) is 5.13 Å². The molecule has 5 heterocycles. The van der Waals surface area contributed by atoms with Crippen LogP contribution in [-0.4, -0.2) is 62.0 Å². The van der Waals surface area contributed by atoms with Crippen LogP contribution in [0.2, 0.25) is 0 Å². The highest BCUT2D eigenvalue weighted by Crippen LogP contribution is 2.40. The molecule has 35 heavy (non-hydrogen) atoms. The number of rotatable bonds is 7. The van der Waals surface area contributed by atoms with Crippen molar-refractivity contribution in [2.24, 2.45) is 5.16 Å². The number of nitrogens with two attached hydrogens (primary N) is 1. The van der Waals surface area contributed by atoms with E-state index in [2.05, 4.69) is 19.8 Å². The van der Waals surface area contributed by atoms with Crippen LogP contribution >= 0.6 is 34.6 Å². The van der Waals surface area contributed by atoms with Crippen molar-refractivity contribution in [1.82, 2.24) is 19.6 Å². The number of nitrogens with one attached hydrogen (secondary N) is 1. The zero-order chi connectivity index (χ0) is 24.7. The van der Waals surface area contributed by atoms with Gasteiger partial charge in [0.1, 0.15) is 18.5 Å². The third-order valence-electron chi connectivity index (χ3n) is 5.42. The third-order valence-corrected chi connectivity index (χ3v) is 8.26. The van der Waals surface area contributed by atoms with Crippen molar-refractivity contribution < 1.29 is 28.9 Å². The average Bonchev–Trinajstić information content (AvgIpc) is 3.49. The average molecular weight is 532 g/mol. The summed E-state index contributed by atoms with van der Waals surface area (Å²) < 4.78 is 5.90. The molecule has 0 aromatic carbocycles. The Morgan fingerprint density at radius 3 is 2.97 bits per heavy atom. The molecule has 0 radical (unpaired) electrons. The molecule has 3 aromatic heterocycles. The summed E-state index contributed by atoms with van der Waals surface area (Å²) >= 11 is 3.78. The van der Waals surface area contributed by atoms with Gasteiger partial charge in [-0.1, -0.05) is 16.5 Å². The molecule has 12 nitrogen and oxygen atoms in total. The number of carboxylic acids is 1. The van der Waals surface area contributed by atoms with E-state index in [4.69, 9.17) is 10.6 Å². The normalized spacial score (nSPS) is 20.0. The zero-order valence-corrected chi connectivity index (χ0v) is 20.5. The van der Waals surface area contributed by atoms with Gasteiger partial charge in [0.25, 0.3) is 16.6 Å². The van der Waals surface area contributed by atoms with Gasteiger partial charge in [-0.05, 0) is 17.5 Å². The molecule has 0 spiro atoms. The lowest BCUT2D eigenvalue weighted by Crippen LogP contribution is -2.71. The van der Waals surface area contributed by atoms with Gasteiger partial charge < -0.3 is 25.8 Å². The summed E-state index contributed by atoms with van der Waals surface area (Å²) in [6.45, 7) is 0.295. The van der Waals surface area contributed by atoms with Crippen LogP contribution in [0, 0.1) is 0 Å². The van der Waals surface area contributed by atoms with Gasteiger partial charge in [-0.2, -0.15) is 13.9 Å². The van der Waals surface area contributed by atoms with Crippen molar-refractivity contribution in [2.75, 3.05) is 18.6 Å². The lowest BCUT2D eigenvalue weighted by atomic mass is 10.0. The number of hydrogen-bond donors (Lipinski definition) is 2. The maximum Gasteiger partial charge on any atom is 0.278 e. The minimum absolute atomic E-state index is 0.0378. The summed E-state index contributed by atoms with van der Waals surface area (Å²) in [7, 11) is 1.25. The number of nitrogens with zero attached hydrogens (tertiary/aromatic N) is 5. The SMILES string of the molecule is CON=C(C(=O)NC1C(=O)N2C(C(=O)[O-])=C(C[n+]3cccc4ccsc43)CS[C@@H]12)c1nsc(N)n1. The van der Waals surface area contributed by atoms with Crippen molar-refractivity contribution in [3.63, 3.8) is 0 Å². The molecule has 0 aliphatic carbocycles. The molecule has 3 N–H and O–H groups in total. The number of nitrogen functional groups attached to an aromatic ring is 1. The summed E-state index contributed by atoms with van der Waals surface area (Å²) in [4.78, 5) is 48.7. The Kier molecular flexibility index (Phi) is 6.12. The number of aromatic nitrogens is 3. The minimum Gasteiger partial charge on any atom is -0.543 e. The number of thioether (sulfide) groups is 1. The largest absolute Gasteiger partial charge is 0.543 e. The molecule has 1 unspecified atom stereocenters. The standard InChI is InChI=1S/C20H17N7O5S3/c1-32-24-11(14-23-20(21)35-25-14)15(28)22-12-16(29)27-13(19(30)31)10(8-34-18(12)27)7-26-5-2-3-9-4-6-33-17(9)26/h2-6,12,18H,7-8H2,1H3,(H3-,21,22,23,25,28,30,31)/t12?,18-/m0/s1. The lowest BCUT2D eigenvalue weighted by molar-refractivity contribution is -0.661. The van der Waals surface area contributed by atoms with E-state index in [1.54, 1.807) is 11.3 Å². The van der Waals surface area contributed by atoms with Crippen molar-refractivity contribution >= 4 is 73.5 Å². The van der Waals surface area contributed by atoms with Crippen LogP contribution in [0.3, 0.4) is 0 Å². The Labute approximate surface area is 210 Å². The summed E-state index contributed by atoms with van der Waals surface area (Å²) in [6, 6.07) is 4.89. The fourth-order valence-corrected chi connectivity index (χ4v) is 6.58. The first kappa shape index (κ1) is 23.2. The monoisotopic (exact) mass is 531 g/mol. The van der Waals surface area contributed by atoms with Gasteiger partial charge >= 0.3 is 0 Å². The van der Waals surface area contributed by atoms with Crippen LogP contribution in [0.25, 0.3) is 10.2 Å². The maximum absolute atomic E-state index is 13.0. The quantitative estimate of drug-likeness (QED) is 0.170. The summed E-state index contributed by atoms with van der Waals surface area (Å²) in [6.07, 6.45) is 1.87. The van der Waals surface area contributed by atoms with Crippen molar-refractivity contribution in [1.29, 1.82) is 0 Å². The summed E-state index contributed by atoms with van der Waals surface area (Å²) in [5.41, 5.74) is 5.73. The Morgan fingerprint density at radius 1 is 1.43 bits per heavy atom. The first-order valence-corrected chi connectivity index (χ1v) is 12.8. The number of β-lactam (4-membered cyclic amide) rings is 1. The number of anilines is 1. The first-order chi connectivity index (χ1) is 16.9. The smallest absolute Gasteiger partial charge is 0.278 e. The molecule has 2 amide bonds. The van der Waals surface area contributed by atoms with Gasteiger partial charge in [-0.25, -0.2) is 0 Å². The third kappa shape index (κ3) is 4.11. The molecule has 1 saturated heterocycles. The second-order valence-electron chi connectivity index (χ2n) is 7.50. The second-order valence-corrected chi connectivity index (χ2v) is 10.3. The fourth-order valence-electron chi connectivity index (χ4n) is 3.93. The first-order valence-electron chi connectivity index (χ1n) is 10.1. The van der Waals surface area contributed by atoms with Gasteiger partial charge in [-0.15, -0.1) is 11.8 Å². The molecular formula is C20H17N7O5S3. The molecule has 0 saturated carbocycles. The van der Waals surface area contributed by atoms with E-state index in [0.717, 1.165) is 21.7 Å². The van der Waals surface area contributed by atoms with E-state index in [-0.39, 0.29) is 22.4 Å². The topological polar surface area (TPSA) is 167 Å². The van der Waals surface area contributed by atoms with Gasteiger partial charge in [0.05, 0.1) is 17.1 Å². The molecule has 2 aliphatic heterocycles. The highest BCUT2D eigenvalue weighted by Gasteiger charge is 2.53. The number of oxime groups is 1. The van der Waals surface area contributed by atoms with Crippen LogP contribution in [0.1, 0.15) is 5.82 Å². The molecule has 3 aromatic rings. The van der Waals surface area contributed by atoms with Crippen LogP contribution in [0.5, 0.6) is 0 Å². The van der Waals surface area contributed by atoms with Crippen LogP contribution < -0.4 is 20.7 Å². The van der Waals surface area contributed by atoms with Crippen LogP contribution in [0.15, 0.2) is 46.2 Å². The predicted octanol–water partition coefficient (Wildman–Crippen LogP) is -0.923.